The summed E-state index contributed by atoms with van der Waals surface area (Å²) in [5.74, 6) is 1.04. The van der Waals surface area contributed by atoms with Gasteiger partial charge in [0.2, 0.25) is 0 Å². The first-order valence-corrected chi connectivity index (χ1v) is 9.25. The number of para-hydroxylation sites is 2. The molecule has 1 fully saturated rings. The Kier molecular flexibility index (Phi) is 3.48. The van der Waals surface area contributed by atoms with Gasteiger partial charge in [-0.25, -0.2) is 15.0 Å². The van der Waals surface area contributed by atoms with Crippen molar-refractivity contribution in [1.82, 2.24) is 15.0 Å². The van der Waals surface area contributed by atoms with Gasteiger partial charge in [0, 0.05) is 31.6 Å². The number of thiazole rings is 1. The molecule has 0 unspecified atom stereocenters. The van der Waals surface area contributed by atoms with Crippen LogP contribution < -0.4 is 9.80 Å². The highest BCUT2D eigenvalue weighted by Gasteiger charge is 2.22. The fraction of sp³-hybridized carbons (Fsp3) is 0.211. The summed E-state index contributed by atoms with van der Waals surface area (Å²) in [6.07, 6.45) is 1.66. The summed E-state index contributed by atoms with van der Waals surface area (Å²) in [7, 11) is 0. The van der Waals surface area contributed by atoms with E-state index in [1.807, 2.05) is 24.3 Å². The van der Waals surface area contributed by atoms with Crippen LogP contribution in [0.15, 0.2) is 54.9 Å². The lowest BCUT2D eigenvalue weighted by molar-refractivity contribution is 0.648. The van der Waals surface area contributed by atoms with Gasteiger partial charge in [-0.05, 0) is 24.3 Å². The molecule has 0 atom stereocenters. The maximum Gasteiger partial charge on any atom is 0.186 e. The molecule has 1 aliphatic rings. The summed E-state index contributed by atoms with van der Waals surface area (Å²) in [6, 6.07) is 16.5. The molecule has 1 saturated heterocycles. The maximum atomic E-state index is 4.78. The van der Waals surface area contributed by atoms with Crippen LogP contribution in [0.5, 0.6) is 0 Å². The van der Waals surface area contributed by atoms with Crippen molar-refractivity contribution in [3.63, 3.8) is 0 Å². The number of benzene rings is 2. The molecule has 0 saturated carbocycles. The Labute approximate surface area is 149 Å². The molecule has 2 aromatic heterocycles. The molecule has 25 heavy (non-hydrogen) atoms. The van der Waals surface area contributed by atoms with Gasteiger partial charge in [-0.2, -0.15) is 0 Å². The van der Waals surface area contributed by atoms with Crippen LogP contribution in [0.1, 0.15) is 0 Å². The predicted octanol–water partition coefficient (Wildman–Crippen LogP) is 3.57. The van der Waals surface area contributed by atoms with E-state index >= 15 is 0 Å². The van der Waals surface area contributed by atoms with Crippen LogP contribution >= 0.6 is 11.3 Å². The van der Waals surface area contributed by atoms with Gasteiger partial charge in [-0.15, -0.1) is 0 Å². The van der Waals surface area contributed by atoms with Crippen LogP contribution in [0, 0.1) is 0 Å². The lowest BCUT2D eigenvalue weighted by atomic mass is 10.2. The van der Waals surface area contributed by atoms with Gasteiger partial charge in [0.1, 0.15) is 12.1 Å². The summed E-state index contributed by atoms with van der Waals surface area (Å²) in [6.45, 7) is 3.80. The standard InChI is InChI=1S/C19H17N5S/c1-2-6-15-14(5-1)18(21-13-20-15)23-9-11-24(12-10-23)19-22-16-7-3-4-8-17(16)25-19/h1-8,13H,9-12H2. The number of aromatic nitrogens is 3. The normalized spacial score (nSPS) is 15.2. The van der Waals surface area contributed by atoms with Crippen LogP contribution in [-0.2, 0) is 0 Å². The van der Waals surface area contributed by atoms with Crippen LogP contribution in [0.2, 0.25) is 0 Å². The lowest BCUT2D eigenvalue weighted by Gasteiger charge is -2.35. The highest BCUT2D eigenvalue weighted by Crippen LogP contribution is 2.30. The maximum absolute atomic E-state index is 4.78. The summed E-state index contributed by atoms with van der Waals surface area (Å²) < 4.78 is 1.25. The van der Waals surface area contributed by atoms with Crippen LogP contribution in [0.4, 0.5) is 10.9 Å². The fourth-order valence-electron chi connectivity index (χ4n) is 3.35. The number of nitrogens with zero attached hydrogens (tertiary/aromatic N) is 5. The second-order valence-electron chi connectivity index (χ2n) is 6.15. The predicted molar refractivity (Wildman–Crippen MR) is 104 cm³/mol. The lowest BCUT2D eigenvalue weighted by Crippen LogP contribution is -2.46. The minimum absolute atomic E-state index is 0.941. The average Bonchev–Trinajstić information content (AvgIpc) is 3.12. The number of hydrogen-bond donors (Lipinski definition) is 0. The van der Waals surface area contributed by atoms with Crippen molar-refractivity contribution in [3.8, 4) is 0 Å². The molecule has 2 aromatic carbocycles. The van der Waals surface area contributed by atoms with Gasteiger partial charge < -0.3 is 9.80 Å². The molecule has 1 aliphatic heterocycles. The molecule has 0 N–H and O–H groups in total. The zero-order valence-corrected chi connectivity index (χ0v) is 14.5. The Bertz CT molecular complexity index is 998. The number of piperazine rings is 1. The van der Waals surface area contributed by atoms with E-state index in [0.29, 0.717) is 0 Å². The monoisotopic (exact) mass is 347 g/mol. The van der Waals surface area contributed by atoms with Gasteiger partial charge in [0.05, 0.1) is 15.7 Å². The molecule has 0 aliphatic carbocycles. The van der Waals surface area contributed by atoms with Crippen molar-refractivity contribution >= 4 is 43.4 Å². The Morgan fingerprint density at radius 1 is 0.760 bits per heavy atom. The molecule has 0 amide bonds. The van der Waals surface area contributed by atoms with Crippen LogP contribution in [0.3, 0.4) is 0 Å². The van der Waals surface area contributed by atoms with Gasteiger partial charge in [-0.3, -0.25) is 0 Å². The Hall–Kier alpha value is -2.73. The second kappa shape index (κ2) is 5.97. The van der Waals surface area contributed by atoms with E-state index in [1.165, 1.54) is 4.70 Å². The van der Waals surface area contributed by atoms with Crippen molar-refractivity contribution in [2.24, 2.45) is 0 Å². The molecule has 4 aromatic rings. The van der Waals surface area contributed by atoms with Gasteiger partial charge in [0.15, 0.2) is 5.13 Å². The van der Waals surface area contributed by atoms with E-state index in [-0.39, 0.29) is 0 Å². The van der Waals surface area contributed by atoms with E-state index in [4.69, 9.17) is 4.98 Å². The minimum atomic E-state index is 0.941. The van der Waals surface area contributed by atoms with Crippen molar-refractivity contribution < 1.29 is 0 Å². The molecule has 0 bridgehead atoms. The fourth-order valence-corrected chi connectivity index (χ4v) is 4.36. The summed E-state index contributed by atoms with van der Waals surface area (Å²) >= 11 is 1.77. The van der Waals surface area contributed by atoms with Crippen molar-refractivity contribution in [2.45, 2.75) is 0 Å². The van der Waals surface area contributed by atoms with E-state index in [1.54, 1.807) is 17.7 Å². The molecular formula is C19H17N5S. The molecule has 0 radical (unpaired) electrons. The molecular weight excluding hydrogens is 330 g/mol. The quantitative estimate of drug-likeness (QED) is 0.555. The second-order valence-corrected chi connectivity index (χ2v) is 7.16. The van der Waals surface area contributed by atoms with Gasteiger partial charge in [0.25, 0.3) is 0 Å². The number of fused-ring (bicyclic) bond motifs is 2. The number of hydrogen-bond acceptors (Lipinski definition) is 6. The van der Waals surface area contributed by atoms with Gasteiger partial charge >= 0.3 is 0 Å². The first kappa shape index (κ1) is 14.6. The molecule has 124 valence electrons. The Morgan fingerprint density at radius 2 is 1.48 bits per heavy atom. The molecule has 6 heteroatoms. The molecule has 0 spiro atoms. The third kappa shape index (κ3) is 2.59. The Morgan fingerprint density at radius 3 is 2.32 bits per heavy atom. The van der Waals surface area contributed by atoms with E-state index in [9.17, 15) is 0 Å². The third-order valence-corrected chi connectivity index (χ3v) is 5.75. The smallest absolute Gasteiger partial charge is 0.186 e. The zero-order valence-electron chi connectivity index (χ0n) is 13.7. The van der Waals surface area contributed by atoms with Crippen LogP contribution in [-0.4, -0.2) is 41.1 Å². The topological polar surface area (TPSA) is 45.2 Å². The summed E-state index contributed by atoms with van der Waals surface area (Å²) in [5, 5.41) is 2.24. The Balaban J connectivity index is 1.38. The first-order valence-electron chi connectivity index (χ1n) is 8.44. The highest BCUT2D eigenvalue weighted by molar-refractivity contribution is 7.22. The minimum Gasteiger partial charge on any atom is -0.352 e. The number of anilines is 2. The molecule has 5 rings (SSSR count). The molecule has 3 heterocycles. The largest absolute Gasteiger partial charge is 0.352 e. The van der Waals surface area contributed by atoms with Crippen molar-refractivity contribution in [2.75, 3.05) is 36.0 Å². The van der Waals surface area contributed by atoms with E-state index < -0.39 is 0 Å². The van der Waals surface area contributed by atoms with E-state index in [0.717, 1.165) is 53.5 Å². The average molecular weight is 347 g/mol. The highest BCUT2D eigenvalue weighted by atomic mass is 32.1. The van der Waals surface area contributed by atoms with E-state index in [2.05, 4.69) is 44.0 Å². The van der Waals surface area contributed by atoms with Gasteiger partial charge in [-0.1, -0.05) is 35.6 Å². The zero-order chi connectivity index (χ0) is 16.6. The summed E-state index contributed by atoms with van der Waals surface area (Å²) in [4.78, 5) is 18.4. The van der Waals surface area contributed by atoms with Crippen molar-refractivity contribution in [1.29, 1.82) is 0 Å². The SMILES string of the molecule is c1ccc2sc(N3CCN(c4ncnc5ccccc45)CC3)nc2c1. The van der Waals surface area contributed by atoms with Crippen LogP contribution in [0.25, 0.3) is 21.1 Å². The third-order valence-electron chi connectivity index (χ3n) is 4.65. The summed E-state index contributed by atoms with van der Waals surface area (Å²) in [5.41, 5.74) is 2.09. The number of rotatable bonds is 2. The van der Waals surface area contributed by atoms with Crippen molar-refractivity contribution in [3.05, 3.63) is 54.9 Å². The molecule has 5 nitrogen and oxygen atoms in total. The first-order chi connectivity index (χ1) is 12.4.